The van der Waals surface area contributed by atoms with Gasteiger partial charge in [0.15, 0.2) is 0 Å². The van der Waals surface area contributed by atoms with Gasteiger partial charge < -0.3 is 0 Å². The molecule has 0 aliphatic rings. The minimum absolute atomic E-state index is 0.271. The zero-order chi connectivity index (χ0) is 7.11. The third-order valence-corrected chi connectivity index (χ3v) is 9.18. The van der Waals surface area contributed by atoms with Gasteiger partial charge >= 0.3 is 0 Å². The van der Waals surface area contributed by atoms with Gasteiger partial charge in [-0.3, -0.25) is 0 Å². The quantitative estimate of drug-likeness (QED) is 0.593. The lowest BCUT2D eigenvalue weighted by Gasteiger charge is -2.09. The van der Waals surface area contributed by atoms with E-state index in [-0.39, 0.29) is 6.33 Å². The molecule has 0 N–H and O–H groups in total. The monoisotopic (exact) mass is 182 g/mol. The van der Waals surface area contributed by atoms with Crippen molar-refractivity contribution in [1.82, 2.24) is 0 Å². The molecule has 0 aromatic carbocycles. The number of hydrogen-bond donors (Lipinski definition) is 0. The Kier molecular flexibility index (Phi) is 8.15. The van der Waals surface area contributed by atoms with Crippen molar-refractivity contribution >= 4 is 29.1 Å². The van der Waals surface area contributed by atoms with Crippen LogP contribution in [0.4, 0.5) is 0 Å². The highest BCUT2D eigenvalue weighted by atomic mass is 33.1. The Morgan fingerprint density at radius 2 is 2.00 bits per heavy atom. The van der Waals surface area contributed by atoms with Crippen LogP contribution in [0.2, 0.25) is 0 Å². The van der Waals surface area contributed by atoms with Gasteiger partial charge in [-0.1, -0.05) is 13.8 Å². The summed E-state index contributed by atoms with van der Waals surface area (Å²) >= 11 is 4.19. The Morgan fingerprint density at radius 3 is 2.33 bits per heavy atom. The maximum atomic E-state index is 2.28. The highest BCUT2D eigenvalue weighted by Gasteiger charge is 2.00. The first-order valence-corrected chi connectivity index (χ1v) is 8.24. The van der Waals surface area contributed by atoms with E-state index in [9.17, 15) is 0 Å². The van der Waals surface area contributed by atoms with E-state index in [1.807, 2.05) is 11.4 Å². The van der Waals surface area contributed by atoms with Gasteiger partial charge in [-0.05, 0) is 24.6 Å². The second-order valence-electron chi connectivity index (χ2n) is 1.66. The van der Waals surface area contributed by atoms with E-state index in [0.717, 1.165) is 0 Å². The molecule has 0 aliphatic carbocycles. The predicted molar refractivity (Wildman–Crippen MR) is 53.7 cm³/mol. The van der Waals surface area contributed by atoms with Crippen LogP contribution in [-0.4, -0.2) is 18.2 Å². The summed E-state index contributed by atoms with van der Waals surface area (Å²) in [6.07, 6.45) is 5.18. The van der Waals surface area contributed by atoms with E-state index in [0.29, 0.717) is 0 Å². The van der Waals surface area contributed by atoms with Crippen molar-refractivity contribution in [3.8, 4) is 0 Å². The molecule has 0 aromatic rings. The first-order valence-electron chi connectivity index (χ1n) is 3.29. The van der Waals surface area contributed by atoms with Gasteiger partial charge in [0, 0.05) is 6.33 Å². The summed E-state index contributed by atoms with van der Waals surface area (Å²) in [7, 11) is 0. The largest absolute Gasteiger partial charge is 0.126 e. The summed E-state index contributed by atoms with van der Waals surface area (Å²) in [6.45, 7) is 4.53. The van der Waals surface area contributed by atoms with Gasteiger partial charge in [-0.25, -0.2) is 0 Å². The molecule has 9 heavy (non-hydrogen) atoms. The normalized spacial score (nSPS) is 13.7. The van der Waals surface area contributed by atoms with Crippen molar-refractivity contribution in [3.63, 3.8) is 0 Å². The van der Waals surface area contributed by atoms with Gasteiger partial charge in [-0.2, -0.15) is 0 Å². The Balaban J connectivity index is 3.09. The fourth-order valence-electron chi connectivity index (χ4n) is 0.466. The predicted octanol–water partition coefficient (Wildman–Crippen LogP) is 3.82. The average molecular weight is 182 g/mol. The van der Waals surface area contributed by atoms with Crippen LogP contribution >= 0.6 is 29.1 Å². The van der Waals surface area contributed by atoms with Crippen molar-refractivity contribution < 1.29 is 0 Å². The second-order valence-corrected chi connectivity index (χ2v) is 9.20. The molecule has 0 bridgehead atoms. The molecule has 0 rings (SSSR count). The molecule has 0 saturated heterocycles. The molecule has 56 valence electrons. The van der Waals surface area contributed by atoms with Crippen molar-refractivity contribution in [2.24, 2.45) is 0 Å². The van der Waals surface area contributed by atoms with Crippen LogP contribution in [0, 0.1) is 0 Å². The standard InChI is InChI=1S/C6H15PS2/c1-4-6-9-7(5-2)8-3/h4-6H2,1-3H3. The molecule has 3 heteroatoms. The average Bonchev–Trinajstić information content (AvgIpc) is 1.91. The molecule has 0 saturated carbocycles. The van der Waals surface area contributed by atoms with Crippen molar-refractivity contribution in [1.29, 1.82) is 0 Å². The molecule has 0 aromatic heterocycles. The molecule has 1 unspecified atom stereocenters. The summed E-state index contributed by atoms with van der Waals surface area (Å²) < 4.78 is 0. The summed E-state index contributed by atoms with van der Waals surface area (Å²) in [5, 5.41) is 0. The highest BCUT2D eigenvalue weighted by Crippen LogP contribution is 2.59. The zero-order valence-corrected chi connectivity index (χ0v) is 8.91. The van der Waals surface area contributed by atoms with E-state index in [2.05, 4.69) is 31.5 Å². The van der Waals surface area contributed by atoms with Crippen LogP contribution in [0.25, 0.3) is 0 Å². The molecule has 0 spiro atoms. The molecule has 0 aliphatic heterocycles. The lowest BCUT2D eigenvalue weighted by Crippen LogP contribution is -1.71. The van der Waals surface area contributed by atoms with E-state index in [4.69, 9.17) is 0 Å². The minimum Gasteiger partial charge on any atom is -0.126 e. The van der Waals surface area contributed by atoms with E-state index in [1.54, 1.807) is 0 Å². The van der Waals surface area contributed by atoms with Crippen molar-refractivity contribution in [3.05, 3.63) is 0 Å². The summed E-state index contributed by atoms with van der Waals surface area (Å²) in [6, 6.07) is 0. The first kappa shape index (κ1) is 10.1. The van der Waals surface area contributed by atoms with Crippen LogP contribution in [-0.2, 0) is 0 Å². The third-order valence-electron chi connectivity index (χ3n) is 0.901. The fourth-order valence-corrected chi connectivity index (χ4v) is 5.82. The van der Waals surface area contributed by atoms with Gasteiger partial charge in [0.05, 0.1) is 0 Å². The van der Waals surface area contributed by atoms with Crippen LogP contribution < -0.4 is 0 Å². The molecule has 1 atom stereocenters. The second kappa shape index (κ2) is 7.24. The highest BCUT2D eigenvalue weighted by molar-refractivity contribution is 8.88. The Bertz CT molecular complexity index is 55.0. The van der Waals surface area contributed by atoms with Crippen LogP contribution in [0.1, 0.15) is 20.3 Å². The molecule has 0 amide bonds. The van der Waals surface area contributed by atoms with Gasteiger partial charge in [0.25, 0.3) is 0 Å². The first-order chi connectivity index (χ1) is 4.35. The molecule has 0 nitrogen and oxygen atoms in total. The van der Waals surface area contributed by atoms with Gasteiger partial charge in [0.2, 0.25) is 0 Å². The summed E-state index contributed by atoms with van der Waals surface area (Å²) in [5.41, 5.74) is 0. The Labute approximate surface area is 67.8 Å². The smallest absolute Gasteiger partial charge is 0.0116 e. The SMILES string of the molecule is CCCSP(CC)SC. The molecular formula is C6H15PS2. The molecule has 0 radical (unpaired) electrons. The zero-order valence-electron chi connectivity index (χ0n) is 6.39. The molecule has 0 fully saturated rings. The third kappa shape index (κ3) is 5.57. The van der Waals surface area contributed by atoms with Gasteiger partial charge in [0.1, 0.15) is 0 Å². The maximum Gasteiger partial charge on any atom is 0.0116 e. The van der Waals surface area contributed by atoms with E-state index >= 15 is 0 Å². The van der Waals surface area contributed by atoms with Crippen LogP contribution in [0.3, 0.4) is 0 Å². The summed E-state index contributed by atoms with van der Waals surface area (Å²) in [5.74, 6) is 1.35. The van der Waals surface area contributed by atoms with Crippen LogP contribution in [0.15, 0.2) is 0 Å². The minimum atomic E-state index is 0.271. The summed E-state index contributed by atoms with van der Waals surface area (Å²) in [4.78, 5) is 0. The molecule has 0 heterocycles. The molecular weight excluding hydrogens is 167 g/mol. The fraction of sp³-hybridized carbons (Fsp3) is 1.00. The van der Waals surface area contributed by atoms with E-state index in [1.165, 1.54) is 18.3 Å². The lowest BCUT2D eigenvalue weighted by molar-refractivity contribution is 1.11. The topological polar surface area (TPSA) is 0 Å². The Morgan fingerprint density at radius 1 is 1.33 bits per heavy atom. The van der Waals surface area contributed by atoms with Crippen molar-refractivity contribution in [2.45, 2.75) is 20.3 Å². The van der Waals surface area contributed by atoms with Crippen molar-refractivity contribution in [2.75, 3.05) is 18.2 Å². The van der Waals surface area contributed by atoms with E-state index < -0.39 is 0 Å². The van der Waals surface area contributed by atoms with Crippen LogP contribution in [0.5, 0.6) is 0 Å². The Hall–Kier alpha value is 1.13. The maximum absolute atomic E-state index is 2.28. The van der Waals surface area contributed by atoms with Gasteiger partial charge in [-0.15, -0.1) is 22.8 Å². The lowest BCUT2D eigenvalue weighted by atomic mass is 10.6. The number of rotatable bonds is 5. The number of hydrogen-bond acceptors (Lipinski definition) is 2.